The topological polar surface area (TPSA) is 29.5 Å². The molecule has 126 valence electrons. The Hall–Kier alpha value is -2.07. The average molecular weight is 348 g/mol. The van der Waals surface area contributed by atoms with E-state index in [9.17, 15) is 9.18 Å². The van der Waals surface area contributed by atoms with Gasteiger partial charge in [0.15, 0.2) is 0 Å². The highest BCUT2D eigenvalue weighted by Gasteiger charge is 2.24. The van der Waals surface area contributed by atoms with E-state index < -0.39 is 0 Å². The van der Waals surface area contributed by atoms with E-state index in [2.05, 4.69) is 0 Å². The monoisotopic (exact) mass is 347 g/mol. The molecule has 3 nitrogen and oxygen atoms in total. The molecule has 0 saturated carbocycles. The fourth-order valence-electron chi connectivity index (χ4n) is 2.84. The lowest BCUT2D eigenvalue weighted by Gasteiger charge is -2.32. The Bertz CT molecular complexity index is 697. The van der Waals surface area contributed by atoms with Crippen LogP contribution in [0.4, 0.5) is 4.39 Å². The van der Waals surface area contributed by atoms with E-state index in [-0.39, 0.29) is 17.8 Å². The summed E-state index contributed by atoms with van der Waals surface area (Å²) < 4.78 is 18.8. The standard InChI is InChI=1S/C19H19ClFNO2/c20-15-2-1-3-18(13-15)24-17-8-10-22(11-9-17)19(23)12-14-4-6-16(21)7-5-14/h1-7,13,17H,8-12H2. The van der Waals surface area contributed by atoms with Crippen LogP contribution in [0.3, 0.4) is 0 Å². The Kier molecular flexibility index (Phi) is 5.36. The Morgan fingerprint density at radius 3 is 2.54 bits per heavy atom. The molecule has 1 aliphatic rings. The number of carbonyl (C=O) groups excluding carboxylic acids is 1. The number of nitrogens with zero attached hydrogens (tertiary/aromatic N) is 1. The summed E-state index contributed by atoms with van der Waals surface area (Å²) in [4.78, 5) is 14.2. The maximum Gasteiger partial charge on any atom is 0.226 e. The number of rotatable bonds is 4. The van der Waals surface area contributed by atoms with Crippen molar-refractivity contribution in [2.75, 3.05) is 13.1 Å². The maximum atomic E-state index is 12.9. The van der Waals surface area contributed by atoms with Gasteiger partial charge < -0.3 is 9.64 Å². The second-order valence-electron chi connectivity index (χ2n) is 5.96. The van der Waals surface area contributed by atoms with Crippen LogP contribution >= 0.6 is 11.6 Å². The summed E-state index contributed by atoms with van der Waals surface area (Å²) in [5, 5.41) is 0.652. The van der Waals surface area contributed by atoms with Gasteiger partial charge in [-0.1, -0.05) is 29.8 Å². The van der Waals surface area contributed by atoms with Gasteiger partial charge in [-0.25, -0.2) is 4.39 Å². The highest BCUT2D eigenvalue weighted by Crippen LogP contribution is 2.22. The number of amides is 1. The third-order valence-electron chi connectivity index (χ3n) is 4.16. The second-order valence-corrected chi connectivity index (χ2v) is 6.40. The molecule has 0 spiro atoms. The molecule has 5 heteroatoms. The molecule has 0 N–H and O–H groups in total. The highest BCUT2D eigenvalue weighted by molar-refractivity contribution is 6.30. The van der Waals surface area contributed by atoms with Crippen molar-refractivity contribution in [1.29, 1.82) is 0 Å². The quantitative estimate of drug-likeness (QED) is 0.833. The van der Waals surface area contributed by atoms with E-state index in [1.807, 2.05) is 23.1 Å². The van der Waals surface area contributed by atoms with Crippen molar-refractivity contribution in [3.8, 4) is 5.75 Å². The van der Waals surface area contributed by atoms with Crippen molar-refractivity contribution in [2.24, 2.45) is 0 Å². The molecule has 1 heterocycles. The Balaban J connectivity index is 1.49. The lowest BCUT2D eigenvalue weighted by atomic mass is 10.1. The molecule has 3 rings (SSSR count). The second kappa shape index (κ2) is 7.67. The molecule has 1 aliphatic heterocycles. The van der Waals surface area contributed by atoms with Crippen LogP contribution < -0.4 is 4.74 Å². The molecule has 1 fully saturated rings. The first-order valence-corrected chi connectivity index (χ1v) is 8.42. The minimum atomic E-state index is -0.287. The number of carbonyl (C=O) groups is 1. The smallest absolute Gasteiger partial charge is 0.226 e. The van der Waals surface area contributed by atoms with Crippen molar-refractivity contribution in [3.05, 3.63) is 64.9 Å². The first-order valence-electron chi connectivity index (χ1n) is 8.04. The lowest BCUT2D eigenvalue weighted by Crippen LogP contribution is -2.42. The number of likely N-dealkylation sites (tertiary alicyclic amines) is 1. The fourth-order valence-corrected chi connectivity index (χ4v) is 3.02. The van der Waals surface area contributed by atoms with Crippen LogP contribution in [0, 0.1) is 5.82 Å². The first-order chi connectivity index (χ1) is 11.6. The third kappa shape index (κ3) is 4.48. The molecule has 0 atom stereocenters. The maximum absolute atomic E-state index is 12.9. The van der Waals surface area contributed by atoms with Gasteiger partial charge in [-0.2, -0.15) is 0 Å². The molecule has 0 bridgehead atoms. The fraction of sp³-hybridized carbons (Fsp3) is 0.316. The predicted molar refractivity (Wildman–Crippen MR) is 91.8 cm³/mol. The van der Waals surface area contributed by atoms with Crippen molar-refractivity contribution in [1.82, 2.24) is 4.90 Å². The van der Waals surface area contributed by atoms with E-state index >= 15 is 0 Å². The van der Waals surface area contributed by atoms with Crippen LogP contribution in [0.2, 0.25) is 5.02 Å². The summed E-state index contributed by atoms with van der Waals surface area (Å²) in [5.41, 5.74) is 0.832. The summed E-state index contributed by atoms with van der Waals surface area (Å²) in [5.74, 6) is 0.548. The van der Waals surface area contributed by atoms with Crippen LogP contribution in [-0.4, -0.2) is 30.0 Å². The number of halogens is 2. The van der Waals surface area contributed by atoms with Gasteiger partial charge in [0, 0.05) is 31.0 Å². The Morgan fingerprint density at radius 1 is 1.17 bits per heavy atom. The molecular weight excluding hydrogens is 329 g/mol. The van der Waals surface area contributed by atoms with Crippen molar-refractivity contribution in [3.63, 3.8) is 0 Å². The molecule has 1 saturated heterocycles. The normalized spacial score (nSPS) is 15.3. The largest absolute Gasteiger partial charge is 0.490 e. The van der Waals surface area contributed by atoms with Gasteiger partial charge in [0.05, 0.1) is 6.42 Å². The minimum Gasteiger partial charge on any atom is -0.490 e. The number of piperidine rings is 1. The Morgan fingerprint density at radius 2 is 1.88 bits per heavy atom. The zero-order valence-electron chi connectivity index (χ0n) is 13.3. The lowest BCUT2D eigenvalue weighted by molar-refractivity contribution is -0.132. The number of hydrogen-bond acceptors (Lipinski definition) is 2. The summed E-state index contributed by atoms with van der Waals surface area (Å²) in [6, 6.07) is 13.4. The summed E-state index contributed by atoms with van der Waals surface area (Å²) in [6.07, 6.45) is 1.99. The molecule has 2 aromatic carbocycles. The van der Waals surface area contributed by atoms with Gasteiger partial charge in [0.1, 0.15) is 17.7 Å². The molecule has 0 unspecified atom stereocenters. The van der Waals surface area contributed by atoms with Gasteiger partial charge in [-0.15, -0.1) is 0 Å². The van der Waals surface area contributed by atoms with E-state index in [1.54, 1.807) is 18.2 Å². The molecule has 0 aliphatic carbocycles. The number of hydrogen-bond donors (Lipinski definition) is 0. The van der Waals surface area contributed by atoms with E-state index in [1.165, 1.54) is 12.1 Å². The van der Waals surface area contributed by atoms with Crippen molar-refractivity contribution >= 4 is 17.5 Å². The van der Waals surface area contributed by atoms with Crippen LogP contribution in [0.5, 0.6) is 5.75 Å². The zero-order chi connectivity index (χ0) is 16.9. The zero-order valence-corrected chi connectivity index (χ0v) is 14.0. The van der Waals surface area contributed by atoms with Gasteiger partial charge >= 0.3 is 0 Å². The highest BCUT2D eigenvalue weighted by atomic mass is 35.5. The molecule has 2 aromatic rings. The molecule has 0 radical (unpaired) electrons. The number of ether oxygens (including phenoxy) is 1. The molecule has 1 amide bonds. The minimum absolute atomic E-state index is 0.0720. The van der Waals surface area contributed by atoms with Crippen LogP contribution in [0.25, 0.3) is 0 Å². The van der Waals surface area contributed by atoms with Gasteiger partial charge in [0.25, 0.3) is 0 Å². The summed E-state index contributed by atoms with van der Waals surface area (Å²) >= 11 is 5.96. The summed E-state index contributed by atoms with van der Waals surface area (Å²) in [6.45, 7) is 1.34. The van der Waals surface area contributed by atoms with Crippen LogP contribution in [0.1, 0.15) is 18.4 Å². The average Bonchev–Trinajstić information content (AvgIpc) is 2.57. The van der Waals surface area contributed by atoms with Gasteiger partial charge in [-0.3, -0.25) is 4.79 Å². The van der Waals surface area contributed by atoms with E-state index in [0.29, 0.717) is 24.5 Å². The van der Waals surface area contributed by atoms with E-state index in [4.69, 9.17) is 16.3 Å². The van der Waals surface area contributed by atoms with Gasteiger partial charge in [-0.05, 0) is 35.9 Å². The van der Waals surface area contributed by atoms with Crippen LogP contribution in [0.15, 0.2) is 48.5 Å². The Labute approximate surface area is 146 Å². The van der Waals surface area contributed by atoms with Crippen molar-refractivity contribution < 1.29 is 13.9 Å². The molecular formula is C19H19ClFNO2. The SMILES string of the molecule is O=C(Cc1ccc(F)cc1)N1CCC(Oc2cccc(Cl)c2)CC1. The third-order valence-corrected chi connectivity index (χ3v) is 4.40. The molecule has 24 heavy (non-hydrogen) atoms. The summed E-state index contributed by atoms with van der Waals surface area (Å²) in [7, 11) is 0. The molecule has 0 aromatic heterocycles. The van der Waals surface area contributed by atoms with E-state index in [0.717, 1.165) is 24.2 Å². The number of benzene rings is 2. The van der Waals surface area contributed by atoms with Crippen LogP contribution in [-0.2, 0) is 11.2 Å². The van der Waals surface area contributed by atoms with Gasteiger partial charge in [0.2, 0.25) is 5.91 Å². The predicted octanol–water partition coefficient (Wildman–Crippen LogP) is 4.09. The van der Waals surface area contributed by atoms with Crippen molar-refractivity contribution in [2.45, 2.75) is 25.4 Å². The first kappa shape index (κ1) is 16.8.